The highest BCUT2D eigenvalue weighted by molar-refractivity contribution is 7.15. The first-order chi connectivity index (χ1) is 13.0. The maximum absolute atomic E-state index is 13.0. The Kier molecular flexibility index (Phi) is 6.31. The number of nitrogens with zero attached hydrogens (tertiary/aromatic N) is 2. The van der Waals surface area contributed by atoms with Crippen LogP contribution in [0.15, 0.2) is 43.1 Å². The number of piperidine rings is 1. The Morgan fingerprint density at radius 3 is 2.85 bits per heavy atom. The van der Waals surface area contributed by atoms with E-state index in [0.29, 0.717) is 23.9 Å². The molecule has 0 radical (unpaired) electrons. The number of halogens is 1. The molecule has 2 N–H and O–H groups in total. The maximum Gasteiger partial charge on any atom is 0.249 e. The van der Waals surface area contributed by atoms with Crippen molar-refractivity contribution in [3.05, 3.63) is 53.8 Å². The van der Waals surface area contributed by atoms with E-state index in [-0.39, 0.29) is 23.5 Å². The molecule has 3 rings (SSSR count). The molecule has 1 aromatic heterocycles. The van der Waals surface area contributed by atoms with Gasteiger partial charge in [0.25, 0.3) is 0 Å². The summed E-state index contributed by atoms with van der Waals surface area (Å²) in [4.78, 5) is 31.3. The topological polar surface area (TPSA) is 74.3 Å². The minimum Gasteiger partial charge on any atom is -0.326 e. The molecule has 0 bridgehead atoms. The molecule has 2 aromatic rings. The molecule has 6 nitrogen and oxygen atoms in total. The largest absolute Gasteiger partial charge is 0.326 e. The van der Waals surface area contributed by atoms with Crippen LogP contribution in [0.3, 0.4) is 0 Å². The molecule has 0 spiro atoms. The van der Waals surface area contributed by atoms with Crippen LogP contribution in [0, 0.1) is 11.7 Å². The molecule has 8 heteroatoms. The zero-order valence-electron chi connectivity index (χ0n) is 14.8. The molecule has 1 aliphatic heterocycles. The fraction of sp³-hybridized carbons (Fsp3) is 0.316. The summed E-state index contributed by atoms with van der Waals surface area (Å²) in [6, 6.07) is 5.78. The molecule has 142 valence electrons. The zero-order valence-corrected chi connectivity index (χ0v) is 15.6. The van der Waals surface area contributed by atoms with Crippen molar-refractivity contribution in [2.45, 2.75) is 19.4 Å². The van der Waals surface area contributed by atoms with Gasteiger partial charge < -0.3 is 5.32 Å². The minimum absolute atomic E-state index is 0.0467. The van der Waals surface area contributed by atoms with Crippen LogP contribution in [-0.4, -0.2) is 34.8 Å². The maximum atomic E-state index is 13.0. The second kappa shape index (κ2) is 8.88. The molecule has 27 heavy (non-hydrogen) atoms. The second-order valence-electron chi connectivity index (χ2n) is 6.40. The Hall–Kier alpha value is -2.58. The van der Waals surface area contributed by atoms with Crippen molar-refractivity contribution in [3.8, 4) is 0 Å². The van der Waals surface area contributed by atoms with Crippen LogP contribution in [-0.2, 0) is 16.1 Å². The second-order valence-corrected chi connectivity index (χ2v) is 7.51. The van der Waals surface area contributed by atoms with Crippen LogP contribution in [0.25, 0.3) is 0 Å². The van der Waals surface area contributed by atoms with E-state index in [1.807, 2.05) is 0 Å². The lowest BCUT2D eigenvalue weighted by Crippen LogP contribution is -2.40. The van der Waals surface area contributed by atoms with E-state index < -0.39 is 0 Å². The Morgan fingerprint density at radius 2 is 2.11 bits per heavy atom. The van der Waals surface area contributed by atoms with Crippen LogP contribution < -0.4 is 10.6 Å². The first-order valence-corrected chi connectivity index (χ1v) is 9.52. The molecular weight excluding hydrogens is 367 g/mol. The molecule has 1 aromatic carbocycles. The van der Waals surface area contributed by atoms with E-state index in [2.05, 4.69) is 27.1 Å². The summed E-state index contributed by atoms with van der Waals surface area (Å²) in [5, 5.41) is 6.04. The number of aromatic nitrogens is 1. The number of likely N-dealkylation sites (tertiary alicyclic amines) is 1. The third-order valence-electron chi connectivity index (χ3n) is 4.34. The highest BCUT2D eigenvalue weighted by Gasteiger charge is 2.26. The number of carbonyl (C=O) groups is 2. The fourth-order valence-corrected chi connectivity index (χ4v) is 3.86. The molecule has 1 aliphatic rings. The number of benzene rings is 1. The van der Waals surface area contributed by atoms with Crippen LogP contribution in [0.5, 0.6) is 0 Å². The summed E-state index contributed by atoms with van der Waals surface area (Å²) in [7, 11) is 0. The lowest BCUT2D eigenvalue weighted by atomic mass is 9.97. The molecular formula is C19H21FN4O2S. The highest BCUT2D eigenvalue weighted by Crippen LogP contribution is 2.24. The predicted octanol–water partition coefficient (Wildman–Crippen LogP) is 3.26. The van der Waals surface area contributed by atoms with E-state index in [4.69, 9.17) is 0 Å². The van der Waals surface area contributed by atoms with Crippen LogP contribution in [0.2, 0.25) is 0 Å². The summed E-state index contributed by atoms with van der Waals surface area (Å²) < 4.78 is 13.0. The Balaban J connectivity index is 1.54. The van der Waals surface area contributed by atoms with Crippen molar-refractivity contribution in [2.75, 3.05) is 23.7 Å². The normalized spacial score (nSPS) is 17.3. The molecule has 0 aliphatic carbocycles. The number of carbonyl (C=O) groups excluding carboxylic acids is 2. The molecule has 0 saturated carbocycles. The summed E-state index contributed by atoms with van der Waals surface area (Å²) >= 11 is 1.42. The standard InChI is InChI=1S/C19H21FN4O2S/c1-2-17(25)23-19-21-10-16(27-19)12-24-9-3-4-13(11-24)18(26)22-15-7-5-14(20)6-8-15/h2,5-8,10,13H,1,3-4,9,11-12H2,(H,22,26)(H,21,23,25). The molecule has 1 atom stereocenters. The zero-order chi connectivity index (χ0) is 19.2. The van der Waals surface area contributed by atoms with Crippen molar-refractivity contribution < 1.29 is 14.0 Å². The lowest BCUT2D eigenvalue weighted by Gasteiger charge is -2.31. The molecule has 2 amide bonds. The molecule has 1 fully saturated rings. The predicted molar refractivity (Wildman–Crippen MR) is 104 cm³/mol. The van der Waals surface area contributed by atoms with Gasteiger partial charge in [-0.3, -0.25) is 19.8 Å². The van der Waals surface area contributed by atoms with Gasteiger partial charge in [-0.15, -0.1) is 11.3 Å². The van der Waals surface area contributed by atoms with E-state index >= 15 is 0 Å². The van der Waals surface area contributed by atoms with E-state index in [1.165, 1.54) is 29.5 Å². The first kappa shape index (κ1) is 19.2. The van der Waals surface area contributed by atoms with Crippen molar-refractivity contribution in [1.82, 2.24) is 9.88 Å². The van der Waals surface area contributed by atoms with Gasteiger partial charge in [0.1, 0.15) is 5.82 Å². The third kappa shape index (κ3) is 5.45. The number of thiazole rings is 1. The van der Waals surface area contributed by atoms with Gasteiger partial charge in [-0.05, 0) is 49.7 Å². The van der Waals surface area contributed by atoms with Gasteiger partial charge >= 0.3 is 0 Å². The number of amides is 2. The van der Waals surface area contributed by atoms with Crippen LogP contribution in [0.1, 0.15) is 17.7 Å². The van der Waals surface area contributed by atoms with Crippen molar-refractivity contribution in [1.29, 1.82) is 0 Å². The van der Waals surface area contributed by atoms with Gasteiger partial charge in [0.15, 0.2) is 5.13 Å². The number of anilines is 2. The third-order valence-corrected chi connectivity index (χ3v) is 5.23. The number of hydrogen-bond acceptors (Lipinski definition) is 5. The number of rotatable bonds is 6. The highest BCUT2D eigenvalue weighted by atomic mass is 32.1. The first-order valence-electron chi connectivity index (χ1n) is 8.70. The smallest absolute Gasteiger partial charge is 0.249 e. The van der Waals surface area contributed by atoms with Crippen LogP contribution in [0.4, 0.5) is 15.2 Å². The average molecular weight is 388 g/mol. The van der Waals surface area contributed by atoms with Gasteiger partial charge in [-0.25, -0.2) is 9.37 Å². The van der Waals surface area contributed by atoms with Gasteiger partial charge in [0, 0.05) is 29.9 Å². The van der Waals surface area contributed by atoms with Crippen molar-refractivity contribution in [3.63, 3.8) is 0 Å². The fourth-order valence-electron chi connectivity index (χ4n) is 3.01. The Bertz CT molecular complexity index is 821. The Morgan fingerprint density at radius 1 is 1.33 bits per heavy atom. The summed E-state index contributed by atoms with van der Waals surface area (Å²) in [6.45, 7) is 5.66. The number of nitrogens with one attached hydrogen (secondary N) is 2. The van der Waals surface area contributed by atoms with E-state index in [9.17, 15) is 14.0 Å². The summed E-state index contributed by atoms with van der Waals surface area (Å²) in [6.07, 6.45) is 4.70. The monoisotopic (exact) mass is 388 g/mol. The van der Waals surface area contributed by atoms with Gasteiger partial charge in [-0.2, -0.15) is 0 Å². The number of hydrogen-bond donors (Lipinski definition) is 2. The van der Waals surface area contributed by atoms with Crippen LogP contribution >= 0.6 is 11.3 Å². The quantitative estimate of drug-likeness (QED) is 0.745. The Labute approximate surface area is 161 Å². The van der Waals surface area contributed by atoms with Gasteiger partial charge in [0.2, 0.25) is 11.8 Å². The molecule has 1 unspecified atom stereocenters. The lowest BCUT2D eigenvalue weighted by molar-refractivity contribution is -0.121. The van der Waals surface area contributed by atoms with E-state index in [1.54, 1.807) is 18.3 Å². The van der Waals surface area contributed by atoms with Crippen molar-refractivity contribution >= 4 is 34.0 Å². The molecule has 1 saturated heterocycles. The van der Waals surface area contributed by atoms with Crippen molar-refractivity contribution in [2.24, 2.45) is 5.92 Å². The van der Waals surface area contributed by atoms with E-state index in [0.717, 1.165) is 24.3 Å². The average Bonchev–Trinajstić information content (AvgIpc) is 3.10. The SMILES string of the molecule is C=CC(=O)Nc1ncc(CN2CCCC(C(=O)Nc3ccc(F)cc3)C2)s1. The van der Waals surface area contributed by atoms with Gasteiger partial charge in [-0.1, -0.05) is 6.58 Å². The summed E-state index contributed by atoms with van der Waals surface area (Å²) in [5.74, 6) is -0.775. The summed E-state index contributed by atoms with van der Waals surface area (Å²) in [5.41, 5.74) is 0.601. The molecule has 2 heterocycles. The minimum atomic E-state index is -0.329. The van der Waals surface area contributed by atoms with Gasteiger partial charge in [0.05, 0.1) is 5.92 Å².